The quantitative estimate of drug-likeness (QED) is 0.768. The van der Waals surface area contributed by atoms with Crippen LogP contribution >= 0.6 is 15.9 Å². The summed E-state index contributed by atoms with van der Waals surface area (Å²) in [6.07, 6.45) is 4.26. The number of nitrogens with zero attached hydrogens (tertiary/aromatic N) is 3. The number of fused-ring (bicyclic) bond motifs is 2. The molecule has 2 aliphatic rings. The lowest BCUT2D eigenvalue weighted by Crippen LogP contribution is -2.41. The first-order chi connectivity index (χ1) is 11.2. The Labute approximate surface area is 143 Å². The van der Waals surface area contributed by atoms with Gasteiger partial charge in [0.25, 0.3) is 0 Å². The lowest BCUT2D eigenvalue weighted by atomic mass is 9.96. The minimum Gasteiger partial charge on any atom is -0.381 e. The van der Waals surface area contributed by atoms with Crippen LogP contribution in [0, 0.1) is 5.92 Å². The van der Waals surface area contributed by atoms with Gasteiger partial charge in [0, 0.05) is 60.4 Å². The van der Waals surface area contributed by atoms with Crippen molar-refractivity contribution in [1.29, 1.82) is 0 Å². The molecule has 2 aromatic rings. The van der Waals surface area contributed by atoms with Gasteiger partial charge in [-0.05, 0) is 46.5 Å². The van der Waals surface area contributed by atoms with Crippen molar-refractivity contribution >= 4 is 32.9 Å². The molecule has 2 aromatic heterocycles. The van der Waals surface area contributed by atoms with Crippen LogP contribution in [-0.4, -0.2) is 40.5 Å². The maximum Gasteiger partial charge on any atom is 0.226 e. The lowest BCUT2D eigenvalue weighted by molar-refractivity contribution is -0.139. The first-order valence-electron chi connectivity index (χ1n) is 8.01. The van der Waals surface area contributed by atoms with Crippen molar-refractivity contribution in [3.05, 3.63) is 34.1 Å². The molecule has 0 N–H and O–H groups in total. The van der Waals surface area contributed by atoms with E-state index in [0.717, 1.165) is 52.6 Å². The van der Waals surface area contributed by atoms with Crippen LogP contribution in [0.3, 0.4) is 0 Å². The molecule has 4 rings (SSSR count). The van der Waals surface area contributed by atoms with Gasteiger partial charge in [0.1, 0.15) is 0 Å². The molecule has 0 radical (unpaired) electrons. The fraction of sp³-hybridized carbons (Fsp3) is 0.471. The molecule has 120 valence electrons. The fourth-order valence-electron chi connectivity index (χ4n) is 3.39. The van der Waals surface area contributed by atoms with E-state index in [4.69, 9.17) is 4.74 Å². The van der Waals surface area contributed by atoms with Crippen LogP contribution < -0.4 is 0 Å². The molecule has 1 saturated heterocycles. The average molecular weight is 376 g/mol. The van der Waals surface area contributed by atoms with Gasteiger partial charge in [-0.15, -0.1) is 0 Å². The van der Waals surface area contributed by atoms with Crippen molar-refractivity contribution in [1.82, 2.24) is 14.9 Å². The van der Waals surface area contributed by atoms with E-state index in [2.05, 4.69) is 32.0 Å². The molecule has 5 nitrogen and oxygen atoms in total. The van der Waals surface area contributed by atoms with Gasteiger partial charge >= 0.3 is 0 Å². The Morgan fingerprint density at radius 3 is 2.96 bits per heavy atom. The van der Waals surface area contributed by atoms with Crippen molar-refractivity contribution in [2.45, 2.75) is 25.8 Å². The summed E-state index contributed by atoms with van der Waals surface area (Å²) >= 11 is 3.45. The maximum absolute atomic E-state index is 12.7. The zero-order valence-corrected chi connectivity index (χ0v) is 14.4. The molecule has 23 heavy (non-hydrogen) atoms. The highest BCUT2D eigenvalue weighted by atomic mass is 79.9. The van der Waals surface area contributed by atoms with Crippen molar-refractivity contribution < 1.29 is 9.53 Å². The van der Waals surface area contributed by atoms with Crippen LogP contribution in [0.4, 0.5) is 0 Å². The van der Waals surface area contributed by atoms with E-state index < -0.39 is 0 Å². The molecular formula is C17H18BrN3O2. The van der Waals surface area contributed by atoms with E-state index in [1.165, 1.54) is 0 Å². The molecule has 0 unspecified atom stereocenters. The van der Waals surface area contributed by atoms with Crippen LogP contribution in [0.25, 0.3) is 11.0 Å². The van der Waals surface area contributed by atoms with Crippen molar-refractivity contribution in [3.63, 3.8) is 0 Å². The number of hydrogen-bond donors (Lipinski definition) is 0. The van der Waals surface area contributed by atoms with E-state index >= 15 is 0 Å². The molecule has 0 atom stereocenters. The Hall–Kier alpha value is -1.53. The summed E-state index contributed by atoms with van der Waals surface area (Å²) in [6, 6.07) is 4.15. The molecule has 4 heterocycles. The largest absolute Gasteiger partial charge is 0.381 e. The van der Waals surface area contributed by atoms with E-state index in [1.807, 2.05) is 11.0 Å². The summed E-state index contributed by atoms with van der Waals surface area (Å²) in [5.74, 6) is 0.390. The summed E-state index contributed by atoms with van der Waals surface area (Å²) in [4.78, 5) is 23.7. The van der Waals surface area contributed by atoms with Crippen LogP contribution in [0.1, 0.15) is 24.1 Å². The van der Waals surface area contributed by atoms with Crippen molar-refractivity contribution in [2.24, 2.45) is 5.92 Å². The van der Waals surface area contributed by atoms with Crippen LogP contribution in [-0.2, 0) is 22.5 Å². The highest BCUT2D eigenvalue weighted by Crippen LogP contribution is 2.26. The minimum absolute atomic E-state index is 0.120. The zero-order chi connectivity index (χ0) is 15.8. The van der Waals surface area contributed by atoms with Gasteiger partial charge in [-0.25, -0.2) is 9.97 Å². The summed E-state index contributed by atoms with van der Waals surface area (Å²) in [5, 5.41) is 1.01. The van der Waals surface area contributed by atoms with Gasteiger partial charge in [-0.3, -0.25) is 4.79 Å². The van der Waals surface area contributed by atoms with E-state index in [0.29, 0.717) is 19.8 Å². The Morgan fingerprint density at radius 2 is 2.13 bits per heavy atom. The molecule has 0 saturated carbocycles. The van der Waals surface area contributed by atoms with E-state index in [-0.39, 0.29) is 11.8 Å². The molecule has 0 spiro atoms. The lowest BCUT2D eigenvalue weighted by Gasteiger charge is -2.32. The maximum atomic E-state index is 12.7. The number of carbonyl (C=O) groups excluding carboxylic acids is 1. The van der Waals surface area contributed by atoms with Gasteiger partial charge in [0.2, 0.25) is 5.91 Å². The average Bonchev–Trinajstić information content (AvgIpc) is 2.59. The highest BCUT2D eigenvalue weighted by molar-refractivity contribution is 9.10. The predicted molar refractivity (Wildman–Crippen MR) is 89.9 cm³/mol. The second kappa shape index (κ2) is 6.17. The Balaban J connectivity index is 1.59. The Bertz CT molecular complexity index is 759. The molecule has 0 aliphatic carbocycles. The third kappa shape index (κ3) is 2.97. The number of carbonyl (C=O) groups is 1. The first-order valence-corrected chi connectivity index (χ1v) is 8.80. The second-order valence-corrected chi connectivity index (χ2v) is 7.11. The summed E-state index contributed by atoms with van der Waals surface area (Å²) < 4.78 is 6.30. The molecule has 6 heteroatoms. The Morgan fingerprint density at radius 1 is 1.30 bits per heavy atom. The van der Waals surface area contributed by atoms with Gasteiger partial charge in [0.05, 0.1) is 0 Å². The SMILES string of the molecule is O=C(C1CCOCC1)N1CCc2nc3ncc(Br)cc3cc2C1. The number of hydrogen-bond acceptors (Lipinski definition) is 4. The van der Waals surface area contributed by atoms with E-state index in [1.54, 1.807) is 6.20 Å². The van der Waals surface area contributed by atoms with Crippen LogP contribution in [0.2, 0.25) is 0 Å². The summed E-state index contributed by atoms with van der Waals surface area (Å²) in [7, 11) is 0. The molecule has 1 amide bonds. The molecule has 1 fully saturated rings. The standard InChI is InChI=1S/C17H18BrN3O2/c18-14-8-12-7-13-10-21(17(22)11-2-5-23-6-3-11)4-1-15(13)20-16(12)19-9-14/h7-9,11H,1-6,10H2. The Kier molecular flexibility index (Phi) is 4.03. The van der Waals surface area contributed by atoms with Crippen molar-refractivity contribution in [2.75, 3.05) is 19.8 Å². The summed E-state index contributed by atoms with van der Waals surface area (Å²) in [6.45, 7) is 2.80. The zero-order valence-electron chi connectivity index (χ0n) is 12.8. The van der Waals surface area contributed by atoms with Crippen LogP contribution in [0.15, 0.2) is 22.8 Å². The second-order valence-electron chi connectivity index (χ2n) is 6.19. The molecular weight excluding hydrogens is 358 g/mol. The van der Waals surface area contributed by atoms with Gasteiger partial charge in [-0.2, -0.15) is 0 Å². The third-order valence-electron chi connectivity index (χ3n) is 4.66. The van der Waals surface area contributed by atoms with Gasteiger partial charge < -0.3 is 9.64 Å². The smallest absolute Gasteiger partial charge is 0.226 e. The number of pyridine rings is 2. The third-order valence-corrected chi connectivity index (χ3v) is 5.10. The number of ether oxygens (including phenoxy) is 1. The monoisotopic (exact) mass is 375 g/mol. The summed E-state index contributed by atoms with van der Waals surface area (Å²) in [5.41, 5.74) is 2.99. The molecule has 2 aliphatic heterocycles. The number of amides is 1. The predicted octanol–water partition coefficient (Wildman–Crippen LogP) is 2.70. The first kappa shape index (κ1) is 15.0. The minimum atomic E-state index is 0.120. The van der Waals surface area contributed by atoms with Gasteiger partial charge in [0.15, 0.2) is 5.65 Å². The highest BCUT2D eigenvalue weighted by Gasteiger charge is 2.29. The number of halogens is 1. The van der Waals surface area contributed by atoms with Crippen molar-refractivity contribution in [3.8, 4) is 0 Å². The fourth-order valence-corrected chi connectivity index (χ4v) is 3.74. The van der Waals surface area contributed by atoms with Crippen LogP contribution in [0.5, 0.6) is 0 Å². The molecule has 0 aromatic carbocycles. The van der Waals surface area contributed by atoms with Gasteiger partial charge in [-0.1, -0.05) is 0 Å². The topological polar surface area (TPSA) is 55.3 Å². The number of rotatable bonds is 1. The van der Waals surface area contributed by atoms with E-state index in [9.17, 15) is 4.79 Å². The molecule has 0 bridgehead atoms. The normalized spacial score (nSPS) is 18.9. The number of aromatic nitrogens is 2.